The van der Waals surface area contributed by atoms with Crippen LogP contribution in [0.3, 0.4) is 0 Å². The van der Waals surface area contributed by atoms with Gasteiger partial charge in [-0.3, -0.25) is 19.8 Å². The summed E-state index contributed by atoms with van der Waals surface area (Å²) < 4.78 is 5.83. The molecule has 0 N–H and O–H groups in total. The normalized spacial score (nSPS) is 16.8. The number of thiophene rings is 1. The highest BCUT2D eigenvalue weighted by molar-refractivity contribution is 7.18. The van der Waals surface area contributed by atoms with Gasteiger partial charge in [0.05, 0.1) is 20.7 Å². The molecule has 0 spiro atoms. The molecule has 1 aliphatic heterocycles. The quantitative estimate of drug-likeness (QED) is 0.423. The average molecular weight is 381 g/mol. The number of Topliss-reactive ketones (excluding diaryl/α,β-unsaturated/α-hetero) is 1. The van der Waals surface area contributed by atoms with Crippen molar-refractivity contribution in [2.75, 3.05) is 11.4 Å². The lowest BCUT2D eigenvalue weighted by Crippen LogP contribution is -2.24. The molecule has 3 rings (SSSR count). The van der Waals surface area contributed by atoms with Crippen molar-refractivity contribution >= 4 is 46.2 Å². The van der Waals surface area contributed by atoms with Gasteiger partial charge in [0.25, 0.3) is 5.69 Å². The molecule has 1 fully saturated rings. The van der Waals surface area contributed by atoms with E-state index in [1.807, 2.05) is 0 Å². The van der Waals surface area contributed by atoms with Gasteiger partial charge in [-0.25, -0.2) is 4.79 Å². The van der Waals surface area contributed by atoms with Crippen LogP contribution in [-0.2, 0) is 4.74 Å². The SMILES string of the molecule is O=C(CC[C@H]1CN(c2ccc([N+](=O)[O-])cc2)C(=O)O1)c1ccc(Cl)s1. The van der Waals surface area contributed by atoms with E-state index in [0.29, 0.717) is 27.9 Å². The van der Waals surface area contributed by atoms with E-state index in [2.05, 4.69) is 0 Å². The van der Waals surface area contributed by atoms with Crippen molar-refractivity contribution in [1.82, 2.24) is 0 Å². The molecule has 25 heavy (non-hydrogen) atoms. The second-order valence-electron chi connectivity index (χ2n) is 5.46. The van der Waals surface area contributed by atoms with Crippen LogP contribution in [0.15, 0.2) is 36.4 Å². The molecule has 7 nitrogen and oxygen atoms in total. The third-order valence-electron chi connectivity index (χ3n) is 3.79. The van der Waals surface area contributed by atoms with Crippen molar-refractivity contribution < 1.29 is 19.2 Å². The number of ketones is 1. The zero-order valence-electron chi connectivity index (χ0n) is 12.9. The van der Waals surface area contributed by atoms with Crippen molar-refractivity contribution in [3.63, 3.8) is 0 Å². The number of non-ortho nitro benzene ring substituents is 1. The summed E-state index contributed by atoms with van der Waals surface area (Å²) in [5, 5.41) is 10.7. The number of amides is 1. The number of halogens is 1. The Morgan fingerprint density at radius 1 is 1.32 bits per heavy atom. The summed E-state index contributed by atoms with van der Waals surface area (Å²) in [4.78, 5) is 36.2. The van der Waals surface area contributed by atoms with Gasteiger partial charge >= 0.3 is 6.09 Å². The summed E-state index contributed by atoms with van der Waals surface area (Å²) in [6.07, 6.45) is -0.264. The highest BCUT2D eigenvalue weighted by Gasteiger charge is 2.32. The number of rotatable bonds is 6. The van der Waals surface area contributed by atoms with Gasteiger partial charge in [-0.15, -0.1) is 11.3 Å². The molecule has 0 bridgehead atoms. The van der Waals surface area contributed by atoms with Gasteiger partial charge in [0.1, 0.15) is 6.10 Å². The summed E-state index contributed by atoms with van der Waals surface area (Å²) in [5.41, 5.74) is 0.475. The highest BCUT2D eigenvalue weighted by Crippen LogP contribution is 2.27. The maximum absolute atomic E-state index is 12.1. The van der Waals surface area contributed by atoms with Crippen LogP contribution in [0.4, 0.5) is 16.2 Å². The van der Waals surface area contributed by atoms with Gasteiger partial charge in [-0.05, 0) is 30.7 Å². The van der Waals surface area contributed by atoms with Crippen LogP contribution in [-0.4, -0.2) is 29.4 Å². The Hall–Kier alpha value is -2.45. The molecule has 1 aromatic heterocycles. The van der Waals surface area contributed by atoms with E-state index in [-0.39, 0.29) is 17.9 Å². The minimum atomic E-state index is -0.523. The Labute approximate surface area is 151 Å². The number of ether oxygens (including phenoxy) is 1. The maximum atomic E-state index is 12.1. The number of hydrogen-bond acceptors (Lipinski definition) is 6. The first-order valence-electron chi connectivity index (χ1n) is 7.45. The monoisotopic (exact) mass is 380 g/mol. The molecule has 1 amide bonds. The minimum Gasteiger partial charge on any atom is -0.444 e. The van der Waals surface area contributed by atoms with E-state index in [4.69, 9.17) is 16.3 Å². The molecule has 1 aliphatic rings. The van der Waals surface area contributed by atoms with Crippen LogP contribution >= 0.6 is 22.9 Å². The molecule has 2 heterocycles. The average Bonchev–Trinajstić information content (AvgIpc) is 3.18. The van der Waals surface area contributed by atoms with Crippen molar-refractivity contribution in [3.05, 3.63) is 55.7 Å². The van der Waals surface area contributed by atoms with Gasteiger partial charge in [-0.1, -0.05) is 11.6 Å². The Morgan fingerprint density at radius 3 is 2.64 bits per heavy atom. The number of carbonyl (C=O) groups is 2. The lowest BCUT2D eigenvalue weighted by atomic mass is 10.1. The van der Waals surface area contributed by atoms with Crippen molar-refractivity contribution in [1.29, 1.82) is 0 Å². The van der Waals surface area contributed by atoms with Crippen LogP contribution in [0.1, 0.15) is 22.5 Å². The summed E-state index contributed by atoms with van der Waals surface area (Å²) in [6.45, 7) is 0.301. The van der Waals surface area contributed by atoms with Crippen LogP contribution < -0.4 is 4.90 Å². The molecular weight excluding hydrogens is 368 g/mol. The first-order chi connectivity index (χ1) is 11.9. The van der Waals surface area contributed by atoms with E-state index in [1.54, 1.807) is 12.1 Å². The largest absolute Gasteiger partial charge is 0.444 e. The number of nitro benzene ring substituents is 1. The molecule has 1 atom stereocenters. The van der Waals surface area contributed by atoms with E-state index in [9.17, 15) is 19.7 Å². The third kappa shape index (κ3) is 3.97. The van der Waals surface area contributed by atoms with Gasteiger partial charge in [-0.2, -0.15) is 0 Å². The summed E-state index contributed by atoms with van der Waals surface area (Å²) in [5.74, 6) is -0.0401. The third-order valence-corrected chi connectivity index (χ3v) is 5.06. The van der Waals surface area contributed by atoms with Gasteiger partial charge in [0, 0.05) is 24.2 Å². The van der Waals surface area contributed by atoms with E-state index >= 15 is 0 Å². The molecule has 0 radical (unpaired) electrons. The first kappa shape index (κ1) is 17.4. The molecule has 0 saturated carbocycles. The number of cyclic esters (lactones) is 1. The Morgan fingerprint density at radius 2 is 2.04 bits per heavy atom. The van der Waals surface area contributed by atoms with Crippen molar-refractivity contribution in [2.45, 2.75) is 18.9 Å². The highest BCUT2D eigenvalue weighted by atomic mass is 35.5. The van der Waals surface area contributed by atoms with Gasteiger partial charge in [0.15, 0.2) is 5.78 Å². The minimum absolute atomic E-state index is 0.0401. The molecule has 1 saturated heterocycles. The molecule has 9 heteroatoms. The Balaban J connectivity index is 1.58. The van der Waals surface area contributed by atoms with Crippen LogP contribution in [0.25, 0.3) is 0 Å². The second-order valence-corrected chi connectivity index (χ2v) is 7.17. The number of anilines is 1. The van der Waals surface area contributed by atoms with E-state index in [0.717, 1.165) is 0 Å². The molecule has 2 aromatic rings. The fourth-order valence-corrected chi connectivity index (χ4v) is 3.53. The smallest absolute Gasteiger partial charge is 0.414 e. The zero-order chi connectivity index (χ0) is 18.0. The fourth-order valence-electron chi connectivity index (χ4n) is 2.52. The molecule has 1 aromatic carbocycles. The summed E-state index contributed by atoms with van der Waals surface area (Å²) >= 11 is 7.04. The summed E-state index contributed by atoms with van der Waals surface area (Å²) in [6, 6.07) is 9.02. The fraction of sp³-hybridized carbons (Fsp3) is 0.250. The maximum Gasteiger partial charge on any atom is 0.414 e. The lowest BCUT2D eigenvalue weighted by molar-refractivity contribution is -0.384. The van der Waals surface area contributed by atoms with Crippen LogP contribution in [0.2, 0.25) is 4.34 Å². The van der Waals surface area contributed by atoms with Crippen LogP contribution in [0.5, 0.6) is 0 Å². The topological polar surface area (TPSA) is 89.8 Å². The molecular formula is C16H13ClN2O5S. The predicted molar refractivity (Wildman–Crippen MR) is 93.6 cm³/mol. The molecule has 0 unspecified atom stereocenters. The Kier molecular flexibility index (Phi) is 5.00. The number of benzene rings is 1. The number of hydrogen-bond donors (Lipinski definition) is 0. The molecule has 130 valence electrons. The van der Waals surface area contributed by atoms with Crippen molar-refractivity contribution in [2.24, 2.45) is 0 Å². The van der Waals surface area contributed by atoms with E-state index < -0.39 is 17.1 Å². The zero-order valence-corrected chi connectivity index (χ0v) is 14.5. The Bertz CT molecular complexity index is 820. The van der Waals surface area contributed by atoms with Crippen LogP contribution in [0, 0.1) is 10.1 Å². The number of nitrogens with zero attached hydrogens (tertiary/aromatic N) is 2. The number of nitro groups is 1. The van der Waals surface area contributed by atoms with E-state index in [1.165, 1.54) is 40.5 Å². The van der Waals surface area contributed by atoms with Gasteiger partial charge in [0.2, 0.25) is 0 Å². The molecule has 0 aliphatic carbocycles. The predicted octanol–water partition coefficient (Wildman–Crippen LogP) is 4.30. The van der Waals surface area contributed by atoms with Gasteiger partial charge < -0.3 is 4.74 Å². The standard InChI is InChI=1S/C16H13ClN2O5S/c17-15-8-7-14(25-15)13(20)6-5-12-9-18(16(21)24-12)10-1-3-11(4-2-10)19(22)23/h1-4,7-8,12H,5-6,9H2/t12-/m0/s1. The first-order valence-corrected chi connectivity index (χ1v) is 8.64. The lowest BCUT2D eigenvalue weighted by Gasteiger charge is -2.12. The second kappa shape index (κ2) is 7.20. The van der Waals surface area contributed by atoms with Crippen molar-refractivity contribution in [3.8, 4) is 0 Å². The number of carbonyl (C=O) groups excluding carboxylic acids is 2. The summed E-state index contributed by atoms with van der Waals surface area (Å²) in [7, 11) is 0.